The maximum Gasteiger partial charge on any atom is 0.248 e. The number of amides is 1. The third-order valence-corrected chi connectivity index (χ3v) is 3.96. The molecule has 1 heterocycles. The van der Waals surface area contributed by atoms with Crippen molar-refractivity contribution in [1.29, 1.82) is 0 Å². The lowest BCUT2D eigenvalue weighted by atomic mass is 10.1. The van der Waals surface area contributed by atoms with Gasteiger partial charge in [0.25, 0.3) is 0 Å². The second-order valence-corrected chi connectivity index (χ2v) is 5.38. The van der Waals surface area contributed by atoms with E-state index in [0.29, 0.717) is 11.3 Å². The molecular weight excluding hydrogens is 262 g/mol. The molecule has 0 saturated carbocycles. The minimum atomic E-state index is -0.454. The Kier molecular flexibility index (Phi) is 3.52. The van der Waals surface area contributed by atoms with Crippen molar-refractivity contribution in [3.63, 3.8) is 0 Å². The number of nitrogens with two attached hydrogens (primary N) is 2. The maximum absolute atomic E-state index is 11.2. The van der Waals surface area contributed by atoms with Crippen molar-refractivity contribution in [3.05, 3.63) is 53.6 Å². The number of rotatable bonds is 2. The second kappa shape index (κ2) is 5.48. The molecule has 0 bridgehead atoms. The quantitative estimate of drug-likeness (QED) is 0.831. The van der Waals surface area contributed by atoms with E-state index in [2.05, 4.69) is 23.1 Å². The normalized spacial score (nSPS) is 14.4. The molecule has 108 valence electrons. The third-order valence-electron chi connectivity index (χ3n) is 3.96. The van der Waals surface area contributed by atoms with E-state index in [1.807, 2.05) is 12.1 Å². The van der Waals surface area contributed by atoms with Gasteiger partial charge in [-0.05, 0) is 49.1 Å². The summed E-state index contributed by atoms with van der Waals surface area (Å²) in [5.41, 5.74) is 16.0. The molecule has 0 radical (unpaired) electrons. The lowest BCUT2D eigenvalue weighted by Crippen LogP contribution is -2.20. The van der Waals surface area contributed by atoms with Crippen LogP contribution in [0, 0.1) is 0 Å². The highest BCUT2D eigenvalue weighted by atomic mass is 16.1. The number of carbonyl (C=O) groups excluding carboxylic acids is 1. The van der Waals surface area contributed by atoms with Crippen molar-refractivity contribution >= 4 is 23.0 Å². The molecule has 1 aliphatic rings. The minimum Gasteiger partial charge on any atom is -0.397 e. The molecule has 21 heavy (non-hydrogen) atoms. The molecular formula is C17H19N3O. The fourth-order valence-corrected chi connectivity index (χ4v) is 2.90. The summed E-state index contributed by atoms with van der Waals surface area (Å²) in [5, 5.41) is 0. The fourth-order valence-electron chi connectivity index (χ4n) is 2.90. The van der Waals surface area contributed by atoms with Gasteiger partial charge in [-0.15, -0.1) is 0 Å². The molecule has 4 N–H and O–H groups in total. The van der Waals surface area contributed by atoms with Crippen LogP contribution in [-0.4, -0.2) is 12.5 Å². The highest BCUT2D eigenvalue weighted by Crippen LogP contribution is 2.35. The molecule has 0 saturated heterocycles. The number of hydrogen-bond acceptors (Lipinski definition) is 3. The summed E-state index contributed by atoms with van der Waals surface area (Å²) in [6, 6.07) is 13.7. The molecule has 0 atom stereocenters. The number of carbonyl (C=O) groups is 1. The number of hydrogen-bond donors (Lipinski definition) is 2. The van der Waals surface area contributed by atoms with Gasteiger partial charge in [0.15, 0.2) is 0 Å². The summed E-state index contributed by atoms with van der Waals surface area (Å²) in [6.45, 7) is 0.928. The van der Waals surface area contributed by atoms with Crippen molar-refractivity contribution in [1.82, 2.24) is 0 Å². The molecule has 4 heteroatoms. The first-order chi connectivity index (χ1) is 10.2. The molecule has 0 aliphatic carbocycles. The van der Waals surface area contributed by atoms with Crippen LogP contribution in [0.25, 0.3) is 0 Å². The molecule has 2 aromatic carbocycles. The van der Waals surface area contributed by atoms with E-state index in [0.717, 1.165) is 25.1 Å². The van der Waals surface area contributed by atoms with Crippen LogP contribution in [0.5, 0.6) is 0 Å². The van der Waals surface area contributed by atoms with Crippen molar-refractivity contribution < 1.29 is 4.79 Å². The van der Waals surface area contributed by atoms with Crippen LogP contribution in [0.2, 0.25) is 0 Å². The van der Waals surface area contributed by atoms with Gasteiger partial charge in [0.1, 0.15) is 0 Å². The molecule has 2 aromatic rings. The Morgan fingerprint density at radius 3 is 2.62 bits per heavy atom. The lowest BCUT2D eigenvalue weighted by molar-refractivity contribution is 0.100. The van der Waals surface area contributed by atoms with Crippen LogP contribution in [0.1, 0.15) is 28.8 Å². The monoisotopic (exact) mass is 281 g/mol. The number of nitrogens with zero attached hydrogens (tertiary/aromatic N) is 1. The predicted molar refractivity (Wildman–Crippen MR) is 85.8 cm³/mol. The molecule has 0 spiro atoms. The topological polar surface area (TPSA) is 72.4 Å². The average Bonchev–Trinajstić information content (AvgIpc) is 2.69. The smallest absolute Gasteiger partial charge is 0.248 e. The van der Waals surface area contributed by atoms with E-state index < -0.39 is 5.91 Å². The number of anilines is 3. The Labute approximate surface area is 124 Å². The third kappa shape index (κ3) is 2.57. The SMILES string of the molecule is NC(=O)c1ccc(N2CCCCc3ccccc32)c(N)c1. The number of primary amides is 1. The van der Waals surface area contributed by atoms with Gasteiger partial charge in [0.05, 0.1) is 11.4 Å². The van der Waals surface area contributed by atoms with Gasteiger partial charge >= 0.3 is 0 Å². The van der Waals surface area contributed by atoms with Crippen molar-refractivity contribution in [2.45, 2.75) is 19.3 Å². The Hall–Kier alpha value is -2.49. The van der Waals surface area contributed by atoms with E-state index in [9.17, 15) is 4.79 Å². The predicted octanol–water partition coefficient (Wildman–Crippen LogP) is 2.84. The fraction of sp³-hybridized carbons (Fsp3) is 0.235. The van der Waals surface area contributed by atoms with E-state index in [1.54, 1.807) is 12.1 Å². The first kappa shape index (κ1) is 13.5. The van der Waals surface area contributed by atoms with Gasteiger partial charge in [-0.2, -0.15) is 0 Å². The molecule has 0 unspecified atom stereocenters. The van der Waals surface area contributed by atoms with Gasteiger partial charge in [-0.1, -0.05) is 18.2 Å². The number of aryl methyl sites for hydroxylation is 1. The van der Waals surface area contributed by atoms with Gasteiger partial charge in [-0.3, -0.25) is 4.79 Å². The summed E-state index contributed by atoms with van der Waals surface area (Å²) in [5.74, 6) is -0.454. The summed E-state index contributed by atoms with van der Waals surface area (Å²) >= 11 is 0. The van der Waals surface area contributed by atoms with E-state index in [1.165, 1.54) is 17.7 Å². The largest absolute Gasteiger partial charge is 0.397 e. The number of nitrogen functional groups attached to an aromatic ring is 1. The Morgan fingerprint density at radius 2 is 1.86 bits per heavy atom. The summed E-state index contributed by atoms with van der Waals surface area (Å²) in [6.07, 6.45) is 3.38. The lowest BCUT2D eigenvalue weighted by Gasteiger charge is -2.26. The van der Waals surface area contributed by atoms with E-state index >= 15 is 0 Å². The van der Waals surface area contributed by atoms with Crippen LogP contribution in [0.4, 0.5) is 17.1 Å². The van der Waals surface area contributed by atoms with E-state index in [-0.39, 0.29) is 0 Å². The zero-order chi connectivity index (χ0) is 14.8. The van der Waals surface area contributed by atoms with Crippen LogP contribution in [0.15, 0.2) is 42.5 Å². The van der Waals surface area contributed by atoms with Crippen LogP contribution in [0.3, 0.4) is 0 Å². The van der Waals surface area contributed by atoms with Crippen molar-refractivity contribution in [3.8, 4) is 0 Å². The molecule has 3 rings (SSSR count). The Balaban J connectivity index is 2.06. The second-order valence-electron chi connectivity index (χ2n) is 5.38. The minimum absolute atomic E-state index is 0.444. The summed E-state index contributed by atoms with van der Waals surface area (Å²) in [4.78, 5) is 13.5. The van der Waals surface area contributed by atoms with Gasteiger partial charge in [0, 0.05) is 17.8 Å². The number of benzene rings is 2. The molecule has 0 aromatic heterocycles. The van der Waals surface area contributed by atoms with Crippen molar-refractivity contribution in [2.75, 3.05) is 17.2 Å². The highest BCUT2D eigenvalue weighted by Gasteiger charge is 2.18. The molecule has 1 amide bonds. The van der Waals surface area contributed by atoms with Gasteiger partial charge in [0.2, 0.25) is 5.91 Å². The van der Waals surface area contributed by atoms with Gasteiger partial charge in [-0.25, -0.2) is 0 Å². The van der Waals surface area contributed by atoms with Crippen LogP contribution < -0.4 is 16.4 Å². The number of para-hydroxylation sites is 1. The molecule has 4 nitrogen and oxygen atoms in total. The standard InChI is InChI=1S/C17H19N3O/c18-14-11-13(17(19)21)8-9-16(14)20-10-4-3-6-12-5-1-2-7-15(12)20/h1-2,5,7-9,11H,3-4,6,10,18H2,(H2,19,21). The zero-order valence-corrected chi connectivity index (χ0v) is 11.9. The first-order valence-electron chi connectivity index (χ1n) is 7.21. The maximum atomic E-state index is 11.2. The molecule has 1 aliphatic heterocycles. The van der Waals surface area contributed by atoms with Crippen LogP contribution >= 0.6 is 0 Å². The summed E-state index contributed by atoms with van der Waals surface area (Å²) < 4.78 is 0. The highest BCUT2D eigenvalue weighted by molar-refractivity contribution is 5.95. The number of fused-ring (bicyclic) bond motifs is 1. The zero-order valence-electron chi connectivity index (χ0n) is 11.9. The first-order valence-corrected chi connectivity index (χ1v) is 7.21. The Bertz CT molecular complexity index is 681. The van der Waals surface area contributed by atoms with Crippen LogP contribution in [-0.2, 0) is 6.42 Å². The Morgan fingerprint density at radius 1 is 1.05 bits per heavy atom. The van der Waals surface area contributed by atoms with Gasteiger partial charge < -0.3 is 16.4 Å². The summed E-state index contributed by atoms with van der Waals surface area (Å²) in [7, 11) is 0. The molecule has 0 fully saturated rings. The average molecular weight is 281 g/mol. The van der Waals surface area contributed by atoms with E-state index in [4.69, 9.17) is 11.5 Å². The van der Waals surface area contributed by atoms with Crippen molar-refractivity contribution in [2.24, 2.45) is 5.73 Å².